The molecule has 18 heavy (non-hydrogen) atoms. The van der Waals surface area contributed by atoms with E-state index in [0.29, 0.717) is 11.0 Å². The van der Waals surface area contributed by atoms with Crippen LogP contribution in [-0.4, -0.2) is 66.5 Å². The molecule has 104 valence electrons. The van der Waals surface area contributed by atoms with E-state index in [1.54, 1.807) is 4.90 Å². The number of carbonyl (C=O) groups excluding carboxylic acids is 1. The first-order valence-electron chi connectivity index (χ1n) is 6.95. The van der Waals surface area contributed by atoms with Gasteiger partial charge in [0.2, 0.25) is 0 Å². The summed E-state index contributed by atoms with van der Waals surface area (Å²) in [4.78, 5) is 18.1. The van der Waals surface area contributed by atoms with E-state index in [1.807, 2.05) is 19.0 Å². The SMILES string of the molecule is CN(C)C(=O)N1CCC2(CC1)CN(C(C)(C)C)C2. The van der Waals surface area contributed by atoms with Crippen molar-refractivity contribution in [2.24, 2.45) is 5.41 Å². The van der Waals surface area contributed by atoms with Crippen molar-refractivity contribution in [3.05, 3.63) is 0 Å². The summed E-state index contributed by atoms with van der Waals surface area (Å²) in [5.41, 5.74) is 0.790. The fourth-order valence-electron chi connectivity index (χ4n) is 3.01. The number of carbonyl (C=O) groups is 1. The van der Waals surface area contributed by atoms with Crippen LogP contribution in [0.25, 0.3) is 0 Å². The van der Waals surface area contributed by atoms with Crippen molar-refractivity contribution in [2.75, 3.05) is 40.3 Å². The van der Waals surface area contributed by atoms with E-state index in [9.17, 15) is 4.79 Å². The first kappa shape index (κ1) is 13.7. The van der Waals surface area contributed by atoms with Crippen molar-refractivity contribution in [3.63, 3.8) is 0 Å². The standard InChI is InChI=1S/C14H27N3O/c1-13(2,3)17-10-14(11-17)6-8-16(9-7-14)12(18)15(4)5/h6-11H2,1-5H3. The normalized spacial score (nSPS) is 23.9. The second kappa shape index (κ2) is 4.41. The Labute approximate surface area is 111 Å². The lowest BCUT2D eigenvalue weighted by atomic mass is 9.70. The first-order chi connectivity index (χ1) is 8.23. The number of nitrogens with zero attached hydrogens (tertiary/aromatic N) is 3. The van der Waals surface area contributed by atoms with Gasteiger partial charge < -0.3 is 9.80 Å². The van der Waals surface area contributed by atoms with E-state index >= 15 is 0 Å². The predicted octanol–water partition coefficient (Wildman–Crippen LogP) is 1.86. The predicted molar refractivity (Wildman–Crippen MR) is 73.6 cm³/mol. The maximum absolute atomic E-state index is 11.9. The van der Waals surface area contributed by atoms with E-state index in [4.69, 9.17) is 0 Å². The van der Waals surface area contributed by atoms with Crippen LogP contribution in [0.5, 0.6) is 0 Å². The summed E-state index contributed by atoms with van der Waals surface area (Å²) in [6, 6.07) is 0.164. The minimum atomic E-state index is 0.164. The van der Waals surface area contributed by atoms with Crippen LogP contribution in [0.15, 0.2) is 0 Å². The maximum atomic E-state index is 11.9. The van der Waals surface area contributed by atoms with E-state index in [0.717, 1.165) is 13.1 Å². The number of amides is 2. The lowest BCUT2D eigenvalue weighted by Crippen LogP contribution is -2.65. The first-order valence-corrected chi connectivity index (χ1v) is 6.95. The van der Waals surface area contributed by atoms with Gasteiger partial charge in [0.25, 0.3) is 0 Å². The summed E-state index contributed by atoms with van der Waals surface area (Å²) in [6.07, 6.45) is 2.33. The van der Waals surface area contributed by atoms with Gasteiger partial charge >= 0.3 is 6.03 Å². The van der Waals surface area contributed by atoms with Crippen molar-refractivity contribution >= 4 is 6.03 Å². The number of hydrogen-bond donors (Lipinski definition) is 0. The minimum absolute atomic E-state index is 0.164. The Balaban J connectivity index is 1.84. The Bertz CT molecular complexity index is 316. The van der Waals surface area contributed by atoms with Crippen LogP contribution < -0.4 is 0 Å². The van der Waals surface area contributed by atoms with Gasteiger partial charge in [-0.25, -0.2) is 4.79 Å². The number of likely N-dealkylation sites (tertiary alicyclic amines) is 2. The topological polar surface area (TPSA) is 26.8 Å². The summed E-state index contributed by atoms with van der Waals surface area (Å²) in [5, 5.41) is 0. The molecule has 0 radical (unpaired) electrons. The van der Waals surface area contributed by atoms with Gasteiger partial charge in [-0.3, -0.25) is 4.90 Å². The Morgan fingerprint density at radius 3 is 2.00 bits per heavy atom. The molecule has 0 saturated carbocycles. The largest absolute Gasteiger partial charge is 0.331 e. The lowest BCUT2D eigenvalue weighted by molar-refractivity contribution is -0.0860. The van der Waals surface area contributed by atoms with E-state index in [-0.39, 0.29) is 6.03 Å². The molecular weight excluding hydrogens is 226 g/mol. The average Bonchev–Trinajstić information content (AvgIpc) is 2.23. The van der Waals surface area contributed by atoms with Crippen LogP contribution in [0.2, 0.25) is 0 Å². The molecule has 0 aromatic heterocycles. The second-order valence-corrected chi connectivity index (χ2v) is 7.19. The van der Waals surface area contributed by atoms with Gasteiger partial charge in [0.15, 0.2) is 0 Å². The molecule has 0 N–H and O–H groups in total. The highest BCUT2D eigenvalue weighted by Crippen LogP contribution is 2.43. The van der Waals surface area contributed by atoms with Gasteiger partial charge in [-0.05, 0) is 39.0 Å². The number of piperidine rings is 1. The summed E-state index contributed by atoms with van der Waals surface area (Å²) < 4.78 is 0. The summed E-state index contributed by atoms with van der Waals surface area (Å²) in [7, 11) is 3.66. The Morgan fingerprint density at radius 1 is 1.11 bits per heavy atom. The highest BCUT2D eigenvalue weighted by molar-refractivity contribution is 5.73. The molecule has 2 rings (SSSR count). The second-order valence-electron chi connectivity index (χ2n) is 7.19. The third-order valence-corrected chi connectivity index (χ3v) is 4.48. The molecule has 2 saturated heterocycles. The van der Waals surface area contributed by atoms with Crippen molar-refractivity contribution in [2.45, 2.75) is 39.2 Å². The number of rotatable bonds is 0. The minimum Gasteiger partial charge on any atom is -0.331 e. The van der Waals surface area contributed by atoms with Crippen molar-refractivity contribution in [1.29, 1.82) is 0 Å². The molecule has 2 amide bonds. The molecule has 2 fully saturated rings. The van der Waals surface area contributed by atoms with Crippen molar-refractivity contribution in [3.8, 4) is 0 Å². The van der Waals surface area contributed by atoms with Gasteiger partial charge in [-0.2, -0.15) is 0 Å². The van der Waals surface area contributed by atoms with Crippen LogP contribution in [0, 0.1) is 5.41 Å². The lowest BCUT2D eigenvalue weighted by Gasteiger charge is -2.58. The van der Waals surface area contributed by atoms with Crippen LogP contribution in [-0.2, 0) is 0 Å². The molecule has 1 spiro atoms. The molecular formula is C14H27N3O. The Morgan fingerprint density at radius 2 is 1.61 bits per heavy atom. The Kier molecular flexibility index (Phi) is 3.34. The smallest absolute Gasteiger partial charge is 0.319 e. The molecule has 0 bridgehead atoms. The van der Waals surface area contributed by atoms with E-state index in [2.05, 4.69) is 25.7 Å². The van der Waals surface area contributed by atoms with Crippen LogP contribution >= 0.6 is 0 Å². The van der Waals surface area contributed by atoms with Crippen LogP contribution in [0.3, 0.4) is 0 Å². The zero-order valence-corrected chi connectivity index (χ0v) is 12.5. The molecule has 0 unspecified atom stereocenters. The highest BCUT2D eigenvalue weighted by atomic mass is 16.2. The van der Waals surface area contributed by atoms with Crippen LogP contribution in [0.1, 0.15) is 33.6 Å². The summed E-state index contributed by atoms with van der Waals surface area (Å²) in [5.74, 6) is 0. The molecule has 2 aliphatic rings. The van der Waals surface area contributed by atoms with Crippen LogP contribution in [0.4, 0.5) is 4.79 Å². The third kappa shape index (κ3) is 2.48. The summed E-state index contributed by atoms with van der Waals surface area (Å²) in [6.45, 7) is 11.1. The average molecular weight is 253 g/mol. The zero-order valence-electron chi connectivity index (χ0n) is 12.5. The molecule has 4 nitrogen and oxygen atoms in total. The van der Waals surface area contributed by atoms with Crippen molar-refractivity contribution < 1.29 is 4.79 Å². The molecule has 0 atom stereocenters. The highest BCUT2D eigenvalue weighted by Gasteiger charge is 2.48. The third-order valence-electron chi connectivity index (χ3n) is 4.48. The zero-order chi connectivity index (χ0) is 13.6. The molecule has 4 heteroatoms. The Hall–Kier alpha value is -0.770. The van der Waals surface area contributed by atoms with E-state index in [1.165, 1.54) is 25.9 Å². The monoisotopic (exact) mass is 253 g/mol. The fourth-order valence-corrected chi connectivity index (χ4v) is 3.01. The summed E-state index contributed by atoms with van der Waals surface area (Å²) >= 11 is 0. The van der Waals surface area contributed by atoms with E-state index < -0.39 is 0 Å². The van der Waals surface area contributed by atoms with Gasteiger partial charge in [0.05, 0.1) is 0 Å². The number of hydrogen-bond acceptors (Lipinski definition) is 2. The van der Waals surface area contributed by atoms with Gasteiger partial charge in [-0.15, -0.1) is 0 Å². The number of urea groups is 1. The van der Waals surface area contributed by atoms with Crippen molar-refractivity contribution in [1.82, 2.24) is 14.7 Å². The maximum Gasteiger partial charge on any atom is 0.319 e. The molecule has 2 heterocycles. The molecule has 0 aliphatic carbocycles. The molecule has 2 aliphatic heterocycles. The molecule has 0 aromatic carbocycles. The van der Waals surface area contributed by atoms with Gasteiger partial charge in [0, 0.05) is 45.8 Å². The van der Waals surface area contributed by atoms with Gasteiger partial charge in [-0.1, -0.05) is 0 Å². The molecule has 0 aromatic rings. The fraction of sp³-hybridized carbons (Fsp3) is 0.929. The van der Waals surface area contributed by atoms with Gasteiger partial charge in [0.1, 0.15) is 0 Å². The quantitative estimate of drug-likeness (QED) is 0.659.